The molecule has 6 aromatic rings. The van der Waals surface area contributed by atoms with Gasteiger partial charge in [0, 0.05) is 10.4 Å². The minimum absolute atomic E-state index is 0.0315. The molecule has 8 rings (SSSR count). The molecule has 0 bridgehead atoms. The van der Waals surface area contributed by atoms with Crippen molar-refractivity contribution >= 4 is 28.3 Å². The Morgan fingerprint density at radius 1 is 0.607 bits per heavy atom. The molecule has 2 aliphatic heterocycles. The maximum atomic E-state index is 7.60. The summed E-state index contributed by atoms with van der Waals surface area (Å²) in [5.74, 6) is 0.450. The Kier molecular flexibility index (Phi) is 10.4. The predicted molar refractivity (Wildman–Crippen MR) is 228 cm³/mol. The summed E-state index contributed by atoms with van der Waals surface area (Å²) in [7, 11) is -4.38. The molecular weight excluding hydrogens is 752 g/mol. The van der Waals surface area contributed by atoms with Gasteiger partial charge >= 0.3 is 8.60 Å². The molecule has 288 valence electrons. The molecule has 0 amide bonds. The van der Waals surface area contributed by atoms with E-state index in [1.165, 1.54) is 0 Å². The van der Waals surface area contributed by atoms with Gasteiger partial charge in [0.15, 0.2) is 17.0 Å². The minimum atomic E-state index is -2.24. The Morgan fingerprint density at radius 2 is 1.05 bits per heavy atom. The molecule has 6 nitrogen and oxygen atoms in total. The lowest BCUT2D eigenvalue weighted by molar-refractivity contribution is -0.175. The highest BCUT2D eigenvalue weighted by Crippen LogP contribution is 2.65. The topological polar surface area (TPSA) is 55.4 Å². The average Bonchev–Trinajstić information content (AvgIpc) is 3.83. The zero-order valence-corrected chi connectivity index (χ0v) is 35.7. The number of hydrogen-bond donors (Lipinski definition) is 0. The maximum Gasteiger partial charge on any atom is 0.399 e. The summed E-state index contributed by atoms with van der Waals surface area (Å²) >= 11 is 1.65. The summed E-state index contributed by atoms with van der Waals surface area (Å²) in [5.41, 5.74) is 2.04. The van der Waals surface area contributed by atoms with Gasteiger partial charge in [-0.25, -0.2) is 0 Å². The summed E-state index contributed by atoms with van der Waals surface area (Å²) in [6, 6.07) is 51.3. The van der Waals surface area contributed by atoms with E-state index in [1.54, 1.807) is 11.3 Å². The first kappa shape index (κ1) is 38.7. The van der Waals surface area contributed by atoms with Crippen LogP contribution in [0.3, 0.4) is 0 Å². The Morgan fingerprint density at radius 3 is 1.45 bits per heavy atom. The molecule has 2 fully saturated rings. The molecule has 0 aliphatic carbocycles. The van der Waals surface area contributed by atoms with Crippen molar-refractivity contribution in [1.82, 2.24) is 0 Å². The van der Waals surface area contributed by atoms with Crippen molar-refractivity contribution in [3.63, 3.8) is 0 Å². The molecule has 56 heavy (non-hydrogen) atoms. The van der Waals surface area contributed by atoms with Gasteiger partial charge in [-0.05, 0) is 83.9 Å². The van der Waals surface area contributed by atoms with Crippen molar-refractivity contribution in [2.45, 2.75) is 81.9 Å². The molecule has 5 aromatic carbocycles. The second-order valence-electron chi connectivity index (χ2n) is 16.4. The summed E-state index contributed by atoms with van der Waals surface area (Å²) < 4.78 is 43.6. The van der Waals surface area contributed by atoms with Crippen LogP contribution in [0.5, 0.6) is 11.5 Å². The second kappa shape index (κ2) is 15.0. The summed E-state index contributed by atoms with van der Waals surface area (Å²) in [4.78, 5) is 1.05. The normalized spacial score (nSPS) is 21.4. The fraction of sp³-hybridized carbons (Fsp3) is 0.277. The third-order valence-electron chi connectivity index (χ3n) is 11.2. The summed E-state index contributed by atoms with van der Waals surface area (Å²) in [6.45, 7) is 15.2. The van der Waals surface area contributed by atoms with Crippen LogP contribution in [0.4, 0.5) is 0 Å². The molecule has 2 atom stereocenters. The highest BCUT2D eigenvalue weighted by atomic mass is 32.1. The monoisotopic (exact) mass is 800 g/mol. The van der Waals surface area contributed by atoms with Gasteiger partial charge in [0.25, 0.3) is 0 Å². The number of ether oxygens (including phenoxy) is 2. The van der Waals surface area contributed by atoms with Crippen molar-refractivity contribution < 1.29 is 27.5 Å². The molecule has 2 aliphatic rings. The molecule has 9 heteroatoms. The molecule has 2 unspecified atom stereocenters. The van der Waals surface area contributed by atoms with E-state index in [2.05, 4.69) is 106 Å². The quantitative estimate of drug-likeness (QED) is 0.107. The van der Waals surface area contributed by atoms with E-state index < -0.39 is 46.1 Å². The Labute approximate surface area is 337 Å². The molecule has 0 N–H and O–H groups in total. The highest BCUT2D eigenvalue weighted by molar-refractivity contribution is 7.42. The molecule has 2 saturated heterocycles. The minimum Gasteiger partial charge on any atom is -0.543 e. The van der Waals surface area contributed by atoms with E-state index in [0.717, 1.165) is 38.4 Å². The van der Waals surface area contributed by atoms with E-state index in [4.69, 9.17) is 27.5 Å². The van der Waals surface area contributed by atoms with Crippen LogP contribution in [-0.2, 0) is 29.7 Å². The third kappa shape index (κ3) is 7.07. The number of thiophene rings is 1. The van der Waals surface area contributed by atoms with Crippen molar-refractivity contribution in [1.29, 1.82) is 0 Å². The molecule has 0 spiro atoms. The first-order valence-corrected chi connectivity index (χ1v) is 24.0. The van der Waals surface area contributed by atoms with Crippen LogP contribution in [0.1, 0.15) is 56.9 Å². The number of fused-ring (bicyclic) bond motifs is 1. The predicted octanol–water partition coefficient (Wildman–Crippen LogP) is 12.9. The molecule has 1 aromatic heterocycles. The number of hydrogen-bond acceptors (Lipinski definition) is 7. The van der Waals surface area contributed by atoms with Crippen LogP contribution in [0.2, 0.25) is 18.1 Å². The van der Waals surface area contributed by atoms with Crippen LogP contribution < -0.4 is 8.95 Å². The standard InChI is InChI=1S/C47H49O6PSSi/c1-44(2,3)56(6,7)51-38-30-31-40(39(33-38)41-29-20-32-55-41)50-54-52-46(34-21-12-8-13-22-34,35-23-14-9-15-24-35)42-43(49-45(4,5)48-42)47(53-54,36-25-16-10-17-26-36)37-27-18-11-19-28-37/h8-33,42-43H,1-7H3. The van der Waals surface area contributed by atoms with Gasteiger partial charge < -0.3 is 18.4 Å². The highest BCUT2D eigenvalue weighted by Gasteiger charge is 2.67. The van der Waals surface area contributed by atoms with Crippen molar-refractivity contribution in [3.8, 4) is 21.9 Å². The Hall–Kier alpha value is -4.11. The molecule has 0 saturated carbocycles. The first-order valence-electron chi connectivity index (χ1n) is 19.1. The summed E-state index contributed by atoms with van der Waals surface area (Å²) in [6.07, 6.45) is -1.40. The van der Waals surface area contributed by atoms with Crippen LogP contribution in [-0.4, -0.2) is 26.3 Å². The van der Waals surface area contributed by atoms with Crippen molar-refractivity contribution in [2.24, 2.45) is 0 Å². The van der Waals surface area contributed by atoms with Gasteiger partial charge in [-0.3, -0.25) is 9.05 Å². The lowest BCUT2D eigenvalue weighted by atomic mass is 9.72. The Balaban J connectivity index is 1.37. The maximum absolute atomic E-state index is 7.60. The molecule has 3 heterocycles. The zero-order chi connectivity index (χ0) is 39.2. The lowest BCUT2D eigenvalue weighted by Gasteiger charge is -2.41. The van der Waals surface area contributed by atoms with E-state index in [0.29, 0.717) is 5.75 Å². The van der Waals surface area contributed by atoms with Crippen LogP contribution in [0, 0.1) is 0 Å². The van der Waals surface area contributed by atoms with Crippen LogP contribution in [0.25, 0.3) is 10.4 Å². The molecule has 0 radical (unpaired) electrons. The first-order chi connectivity index (χ1) is 26.8. The van der Waals surface area contributed by atoms with Gasteiger partial charge in [0.05, 0.1) is 0 Å². The van der Waals surface area contributed by atoms with E-state index >= 15 is 0 Å². The number of benzene rings is 5. The van der Waals surface area contributed by atoms with E-state index in [-0.39, 0.29) is 5.04 Å². The lowest BCUT2D eigenvalue weighted by Crippen LogP contribution is -2.53. The van der Waals surface area contributed by atoms with Gasteiger partial charge in [-0.15, -0.1) is 11.3 Å². The smallest absolute Gasteiger partial charge is 0.399 e. The van der Waals surface area contributed by atoms with Crippen LogP contribution in [0.15, 0.2) is 157 Å². The van der Waals surface area contributed by atoms with Crippen LogP contribution >= 0.6 is 19.9 Å². The number of rotatable bonds is 9. The molecular formula is C47H49O6PSSi. The van der Waals surface area contributed by atoms with Gasteiger partial charge in [-0.1, -0.05) is 148 Å². The van der Waals surface area contributed by atoms with Gasteiger partial charge in [0.1, 0.15) is 23.7 Å². The fourth-order valence-electron chi connectivity index (χ4n) is 7.50. The van der Waals surface area contributed by atoms with Gasteiger partial charge in [0.2, 0.25) is 8.32 Å². The largest absolute Gasteiger partial charge is 0.543 e. The zero-order valence-electron chi connectivity index (χ0n) is 33.0. The van der Waals surface area contributed by atoms with Crippen molar-refractivity contribution in [2.75, 3.05) is 0 Å². The van der Waals surface area contributed by atoms with Gasteiger partial charge in [-0.2, -0.15) is 0 Å². The van der Waals surface area contributed by atoms with Crippen molar-refractivity contribution in [3.05, 3.63) is 179 Å². The summed E-state index contributed by atoms with van der Waals surface area (Å²) in [5, 5.41) is 2.11. The SMILES string of the molecule is CC1(C)OC2C(O1)C(c1ccccc1)(c1ccccc1)OP(Oc1ccc(O[Si](C)(C)C(C)(C)C)cc1-c1cccs1)OC2(c1ccccc1)c1ccccc1. The average molecular weight is 801 g/mol. The third-order valence-corrected chi connectivity index (χ3v) is 17.7. The fourth-order valence-corrected chi connectivity index (χ4v) is 10.8. The Bertz CT molecular complexity index is 2050. The van der Waals surface area contributed by atoms with E-state index in [9.17, 15) is 0 Å². The second-order valence-corrected chi connectivity index (χ2v) is 23.1. The van der Waals surface area contributed by atoms with E-state index in [1.807, 2.05) is 98.8 Å².